The molecular weight excluding hydrogens is 323 g/mol. The summed E-state index contributed by atoms with van der Waals surface area (Å²) in [6.45, 7) is 8.38. The maximum Gasteiger partial charge on any atom is 0.188 e. The first-order valence-corrected chi connectivity index (χ1v) is 8.02. The van der Waals surface area contributed by atoms with Gasteiger partial charge in [-0.1, -0.05) is 23.2 Å². The molecule has 0 N–H and O–H groups in total. The highest BCUT2D eigenvalue weighted by atomic mass is 35.5. The van der Waals surface area contributed by atoms with Gasteiger partial charge in [-0.2, -0.15) is 0 Å². The minimum atomic E-state index is -0.482. The fourth-order valence-corrected chi connectivity index (χ4v) is 3.38. The van der Waals surface area contributed by atoms with Gasteiger partial charge >= 0.3 is 0 Å². The Morgan fingerprint density at radius 2 is 1.91 bits per heavy atom. The molecule has 0 radical (unpaired) electrons. The molecule has 2 rings (SSSR count). The Bertz CT molecular complexity index is 607. The first kappa shape index (κ1) is 17.5. The van der Waals surface area contributed by atoms with Crippen LogP contribution in [0.2, 0.25) is 0 Å². The van der Waals surface area contributed by atoms with Gasteiger partial charge in [-0.05, 0) is 63.3 Å². The van der Waals surface area contributed by atoms with Crippen LogP contribution in [-0.2, 0) is 11.2 Å². The highest BCUT2D eigenvalue weighted by molar-refractivity contribution is 6.55. The van der Waals surface area contributed by atoms with Crippen LogP contribution < -0.4 is 9.47 Å². The molecular formula is C17H22Cl2O3. The highest BCUT2D eigenvalue weighted by Crippen LogP contribution is 2.44. The van der Waals surface area contributed by atoms with Crippen LogP contribution >= 0.6 is 23.2 Å². The van der Waals surface area contributed by atoms with E-state index in [1.54, 1.807) is 13.2 Å². The van der Waals surface area contributed by atoms with E-state index in [0.717, 1.165) is 41.0 Å². The molecule has 0 saturated heterocycles. The second-order valence-corrected chi connectivity index (χ2v) is 6.92. The molecule has 5 heteroatoms. The van der Waals surface area contributed by atoms with Gasteiger partial charge in [0.15, 0.2) is 6.79 Å². The Morgan fingerprint density at radius 1 is 1.23 bits per heavy atom. The molecule has 0 aromatic heterocycles. The zero-order valence-electron chi connectivity index (χ0n) is 13.7. The van der Waals surface area contributed by atoms with E-state index in [4.69, 9.17) is 37.4 Å². The van der Waals surface area contributed by atoms with Crippen LogP contribution in [0.4, 0.5) is 0 Å². The summed E-state index contributed by atoms with van der Waals surface area (Å²) in [6, 6.07) is 0. The number of methoxy groups -OCH3 is 1. The van der Waals surface area contributed by atoms with Gasteiger partial charge in [-0.3, -0.25) is 0 Å². The molecule has 122 valence electrons. The van der Waals surface area contributed by atoms with E-state index < -0.39 is 5.60 Å². The molecule has 3 nitrogen and oxygen atoms in total. The highest BCUT2D eigenvalue weighted by Gasteiger charge is 2.33. The van der Waals surface area contributed by atoms with Crippen LogP contribution in [0.15, 0.2) is 10.6 Å². The number of hydrogen-bond donors (Lipinski definition) is 0. The van der Waals surface area contributed by atoms with E-state index >= 15 is 0 Å². The first-order valence-electron chi connectivity index (χ1n) is 7.26. The SMILES string of the molecule is COCOc1c(C)c(C)c2c(c1C)CCC(C)(C=C(Cl)Cl)O2. The Kier molecular flexibility index (Phi) is 5.31. The normalized spacial score (nSPS) is 20.1. The Morgan fingerprint density at radius 3 is 2.50 bits per heavy atom. The molecule has 0 aliphatic carbocycles. The van der Waals surface area contributed by atoms with Gasteiger partial charge in [0.25, 0.3) is 0 Å². The van der Waals surface area contributed by atoms with Gasteiger partial charge in [0.1, 0.15) is 21.6 Å². The summed E-state index contributed by atoms with van der Waals surface area (Å²) < 4.78 is 17.3. The van der Waals surface area contributed by atoms with Gasteiger partial charge in [0.2, 0.25) is 0 Å². The number of ether oxygens (including phenoxy) is 3. The summed E-state index contributed by atoms with van der Waals surface area (Å²) in [5.41, 5.74) is 3.96. The lowest BCUT2D eigenvalue weighted by atomic mass is 9.87. The lowest BCUT2D eigenvalue weighted by molar-refractivity contribution is 0.0495. The van der Waals surface area contributed by atoms with Crippen molar-refractivity contribution < 1.29 is 14.2 Å². The fourth-order valence-electron chi connectivity index (χ4n) is 2.92. The van der Waals surface area contributed by atoms with Crippen LogP contribution in [-0.4, -0.2) is 19.5 Å². The molecule has 1 atom stereocenters. The average Bonchev–Trinajstić information content (AvgIpc) is 2.43. The van der Waals surface area contributed by atoms with Crippen LogP contribution in [0.25, 0.3) is 0 Å². The fraction of sp³-hybridized carbons (Fsp3) is 0.529. The van der Waals surface area contributed by atoms with Gasteiger partial charge < -0.3 is 14.2 Å². The van der Waals surface area contributed by atoms with Crippen LogP contribution in [0, 0.1) is 20.8 Å². The second-order valence-electron chi connectivity index (χ2n) is 5.91. The summed E-state index contributed by atoms with van der Waals surface area (Å²) >= 11 is 11.7. The van der Waals surface area contributed by atoms with Crippen molar-refractivity contribution in [3.63, 3.8) is 0 Å². The Labute approximate surface area is 142 Å². The van der Waals surface area contributed by atoms with E-state index in [2.05, 4.69) is 6.92 Å². The lowest BCUT2D eigenvalue weighted by Gasteiger charge is -2.36. The monoisotopic (exact) mass is 344 g/mol. The predicted octanol–water partition coefficient (Wildman–Crippen LogP) is 5.00. The lowest BCUT2D eigenvalue weighted by Crippen LogP contribution is -2.35. The maximum atomic E-state index is 6.25. The van der Waals surface area contributed by atoms with E-state index in [9.17, 15) is 0 Å². The van der Waals surface area contributed by atoms with Gasteiger partial charge in [-0.25, -0.2) is 0 Å². The van der Waals surface area contributed by atoms with Crippen LogP contribution in [0.3, 0.4) is 0 Å². The average molecular weight is 345 g/mol. The molecule has 1 aromatic carbocycles. The second kappa shape index (κ2) is 6.69. The molecule has 22 heavy (non-hydrogen) atoms. The number of rotatable bonds is 4. The topological polar surface area (TPSA) is 27.7 Å². The van der Waals surface area contributed by atoms with Crippen LogP contribution in [0.5, 0.6) is 11.5 Å². The third kappa shape index (κ3) is 3.37. The zero-order valence-corrected chi connectivity index (χ0v) is 15.2. The molecule has 1 aliphatic rings. The molecule has 1 aliphatic heterocycles. The van der Waals surface area contributed by atoms with E-state index in [0.29, 0.717) is 0 Å². The quantitative estimate of drug-likeness (QED) is 0.719. The number of fused-ring (bicyclic) bond motifs is 1. The predicted molar refractivity (Wildman–Crippen MR) is 90.3 cm³/mol. The third-order valence-electron chi connectivity index (χ3n) is 4.25. The molecule has 1 unspecified atom stereocenters. The van der Waals surface area contributed by atoms with Crippen molar-refractivity contribution in [3.05, 3.63) is 32.8 Å². The van der Waals surface area contributed by atoms with Gasteiger partial charge in [-0.15, -0.1) is 0 Å². The van der Waals surface area contributed by atoms with Crippen LogP contribution in [0.1, 0.15) is 35.6 Å². The summed E-state index contributed by atoms with van der Waals surface area (Å²) in [7, 11) is 1.62. The molecule has 0 fully saturated rings. The number of benzene rings is 1. The molecule has 0 spiro atoms. The van der Waals surface area contributed by atoms with E-state index in [1.807, 2.05) is 20.8 Å². The summed E-state index contributed by atoms with van der Waals surface area (Å²) in [4.78, 5) is 0. The molecule has 0 amide bonds. The third-order valence-corrected chi connectivity index (χ3v) is 4.47. The summed E-state index contributed by atoms with van der Waals surface area (Å²) in [5.74, 6) is 1.80. The van der Waals surface area contributed by atoms with Crippen molar-refractivity contribution in [3.8, 4) is 11.5 Å². The number of halogens is 2. The number of hydrogen-bond acceptors (Lipinski definition) is 3. The largest absolute Gasteiger partial charge is 0.483 e. The molecule has 1 heterocycles. The minimum absolute atomic E-state index is 0.233. The Hall–Kier alpha value is -0.900. The molecule has 1 aromatic rings. The van der Waals surface area contributed by atoms with E-state index in [-0.39, 0.29) is 11.3 Å². The molecule has 0 bridgehead atoms. The van der Waals surface area contributed by atoms with Crippen molar-refractivity contribution in [2.75, 3.05) is 13.9 Å². The van der Waals surface area contributed by atoms with Crippen molar-refractivity contribution in [2.24, 2.45) is 0 Å². The van der Waals surface area contributed by atoms with Crippen molar-refractivity contribution in [1.29, 1.82) is 0 Å². The molecule has 0 saturated carbocycles. The maximum absolute atomic E-state index is 6.25. The smallest absolute Gasteiger partial charge is 0.188 e. The summed E-state index contributed by atoms with van der Waals surface area (Å²) in [6.07, 6.45) is 3.47. The standard InChI is InChI=1S/C17H22Cl2O3/c1-10-11(2)16-13(12(3)15(10)21-9-20-5)6-7-17(4,22-16)8-14(18)19/h8H,6-7,9H2,1-5H3. The van der Waals surface area contributed by atoms with Crippen molar-refractivity contribution in [2.45, 2.75) is 46.1 Å². The Balaban J connectivity index is 2.48. The van der Waals surface area contributed by atoms with Crippen molar-refractivity contribution >= 4 is 23.2 Å². The van der Waals surface area contributed by atoms with E-state index in [1.165, 1.54) is 5.56 Å². The van der Waals surface area contributed by atoms with Crippen molar-refractivity contribution in [1.82, 2.24) is 0 Å². The zero-order chi connectivity index (χ0) is 16.5. The van der Waals surface area contributed by atoms with Gasteiger partial charge in [0, 0.05) is 12.7 Å². The minimum Gasteiger partial charge on any atom is -0.483 e. The summed E-state index contributed by atoms with van der Waals surface area (Å²) in [5, 5.41) is 0. The first-order chi connectivity index (χ1) is 10.3. The van der Waals surface area contributed by atoms with Gasteiger partial charge in [0.05, 0.1) is 0 Å².